The second kappa shape index (κ2) is 7.05. The highest BCUT2D eigenvalue weighted by atomic mass is 127. The molecule has 5 nitrogen and oxygen atoms in total. The van der Waals surface area contributed by atoms with E-state index in [1.54, 1.807) is 24.3 Å². The van der Waals surface area contributed by atoms with E-state index in [4.69, 9.17) is 5.11 Å². The Balaban J connectivity index is 2.45. The third-order valence-corrected chi connectivity index (χ3v) is 4.43. The van der Waals surface area contributed by atoms with Crippen LogP contribution in [0.3, 0.4) is 0 Å². The molecule has 7 heteroatoms. The molecule has 0 aliphatic heterocycles. The standard InChI is InChI=1S/C11H14INO4S/c12-9-4-6-10(7-5-9)18(16,17)13-8-2-1-3-11(14)15/h4-7,13H,1-3,8H2,(H,14,15). The molecule has 0 spiro atoms. The van der Waals surface area contributed by atoms with Gasteiger partial charge in [-0.2, -0.15) is 0 Å². The fraction of sp³-hybridized carbons (Fsp3) is 0.364. The molecule has 0 heterocycles. The van der Waals surface area contributed by atoms with Gasteiger partial charge in [0, 0.05) is 16.5 Å². The maximum Gasteiger partial charge on any atom is 0.303 e. The second-order valence-corrected chi connectivity index (χ2v) is 6.72. The van der Waals surface area contributed by atoms with Crippen LogP contribution >= 0.6 is 22.6 Å². The van der Waals surface area contributed by atoms with E-state index in [0.717, 1.165) is 3.57 Å². The lowest BCUT2D eigenvalue weighted by Gasteiger charge is -2.06. The number of unbranched alkanes of at least 4 members (excludes halogenated alkanes) is 1. The summed E-state index contributed by atoms with van der Waals surface area (Å²) in [5, 5.41) is 8.44. The van der Waals surface area contributed by atoms with Crippen molar-refractivity contribution in [2.75, 3.05) is 6.54 Å². The molecule has 0 atom stereocenters. The lowest BCUT2D eigenvalue weighted by molar-refractivity contribution is -0.137. The van der Waals surface area contributed by atoms with Gasteiger partial charge in [0.1, 0.15) is 0 Å². The fourth-order valence-corrected chi connectivity index (χ4v) is 2.74. The van der Waals surface area contributed by atoms with Crippen LogP contribution in [-0.4, -0.2) is 26.0 Å². The van der Waals surface area contributed by atoms with Gasteiger partial charge < -0.3 is 5.11 Å². The van der Waals surface area contributed by atoms with Crippen LogP contribution in [0.25, 0.3) is 0 Å². The number of carbonyl (C=O) groups is 1. The number of benzene rings is 1. The average molecular weight is 383 g/mol. The molecule has 18 heavy (non-hydrogen) atoms. The molecule has 0 saturated carbocycles. The monoisotopic (exact) mass is 383 g/mol. The van der Waals surface area contributed by atoms with Crippen molar-refractivity contribution in [3.8, 4) is 0 Å². The molecule has 0 saturated heterocycles. The van der Waals surface area contributed by atoms with Crippen molar-refractivity contribution in [2.24, 2.45) is 0 Å². The molecule has 0 aliphatic carbocycles. The first-order valence-electron chi connectivity index (χ1n) is 5.39. The lowest BCUT2D eigenvalue weighted by Crippen LogP contribution is -2.24. The highest BCUT2D eigenvalue weighted by Crippen LogP contribution is 2.11. The van der Waals surface area contributed by atoms with Gasteiger partial charge >= 0.3 is 5.97 Å². The maximum absolute atomic E-state index is 11.8. The molecule has 0 fully saturated rings. The molecule has 1 rings (SSSR count). The molecule has 0 aromatic heterocycles. The Hall–Kier alpha value is -0.670. The molecule has 0 unspecified atom stereocenters. The normalized spacial score (nSPS) is 11.4. The topological polar surface area (TPSA) is 83.5 Å². The Morgan fingerprint density at radius 3 is 2.39 bits per heavy atom. The molecular formula is C11H14INO4S. The van der Waals surface area contributed by atoms with Crippen molar-refractivity contribution >= 4 is 38.6 Å². The van der Waals surface area contributed by atoms with Gasteiger partial charge in [0.15, 0.2) is 0 Å². The summed E-state index contributed by atoms with van der Waals surface area (Å²) in [5.74, 6) is -0.865. The quantitative estimate of drug-likeness (QED) is 0.556. The Kier molecular flexibility index (Phi) is 6.03. The van der Waals surface area contributed by atoms with Crippen LogP contribution < -0.4 is 4.72 Å². The molecule has 2 N–H and O–H groups in total. The Bertz CT molecular complexity index is 498. The summed E-state index contributed by atoms with van der Waals surface area (Å²) in [6.07, 6.45) is 1.03. The van der Waals surface area contributed by atoms with E-state index < -0.39 is 16.0 Å². The fourth-order valence-electron chi connectivity index (χ4n) is 1.30. The van der Waals surface area contributed by atoms with E-state index in [-0.39, 0.29) is 17.9 Å². The number of rotatable bonds is 7. The lowest BCUT2D eigenvalue weighted by atomic mass is 10.2. The average Bonchev–Trinajstić information content (AvgIpc) is 2.28. The minimum Gasteiger partial charge on any atom is -0.481 e. The van der Waals surface area contributed by atoms with E-state index >= 15 is 0 Å². The summed E-state index contributed by atoms with van der Waals surface area (Å²) >= 11 is 2.10. The van der Waals surface area contributed by atoms with Crippen LogP contribution in [0.4, 0.5) is 0 Å². The number of carboxylic acids is 1. The SMILES string of the molecule is O=C(O)CCCCNS(=O)(=O)c1ccc(I)cc1. The van der Waals surface area contributed by atoms with Gasteiger partial charge in [0.05, 0.1) is 4.90 Å². The number of hydrogen-bond donors (Lipinski definition) is 2. The van der Waals surface area contributed by atoms with Gasteiger partial charge in [0.25, 0.3) is 0 Å². The summed E-state index contributed by atoms with van der Waals surface area (Å²) in [6, 6.07) is 6.53. The van der Waals surface area contributed by atoms with Gasteiger partial charge in [-0.3, -0.25) is 4.79 Å². The summed E-state index contributed by atoms with van der Waals surface area (Å²) in [6.45, 7) is 0.252. The van der Waals surface area contributed by atoms with Crippen LogP contribution in [0.2, 0.25) is 0 Å². The van der Waals surface area contributed by atoms with Crippen molar-refractivity contribution in [2.45, 2.75) is 24.2 Å². The van der Waals surface area contributed by atoms with Crippen LogP contribution in [0.1, 0.15) is 19.3 Å². The van der Waals surface area contributed by atoms with Gasteiger partial charge in [-0.1, -0.05) is 0 Å². The van der Waals surface area contributed by atoms with Crippen molar-refractivity contribution in [1.82, 2.24) is 4.72 Å². The molecule has 1 aromatic carbocycles. The number of nitrogens with one attached hydrogen (secondary N) is 1. The van der Waals surface area contributed by atoms with Crippen molar-refractivity contribution in [1.29, 1.82) is 0 Å². The summed E-state index contributed by atoms with van der Waals surface area (Å²) in [4.78, 5) is 10.5. The molecule has 100 valence electrons. The van der Waals surface area contributed by atoms with Gasteiger partial charge in [-0.25, -0.2) is 13.1 Å². The van der Waals surface area contributed by atoms with Crippen molar-refractivity contribution in [3.63, 3.8) is 0 Å². The number of hydrogen-bond acceptors (Lipinski definition) is 3. The maximum atomic E-state index is 11.8. The second-order valence-electron chi connectivity index (χ2n) is 3.70. The van der Waals surface area contributed by atoms with E-state index in [1.165, 1.54) is 0 Å². The first-order chi connectivity index (χ1) is 8.42. The van der Waals surface area contributed by atoms with E-state index in [9.17, 15) is 13.2 Å². The summed E-state index contributed by atoms with van der Waals surface area (Å²) in [5.41, 5.74) is 0. The molecule has 0 bridgehead atoms. The number of halogens is 1. The van der Waals surface area contributed by atoms with E-state index in [1.807, 2.05) is 0 Å². The van der Waals surface area contributed by atoms with Crippen LogP contribution in [0.15, 0.2) is 29.2 Å². The molecule has 1 aromatic rings. The summed E-state index contributed by atoms with van der Waals surface area (Å²) in [7, 11) is -3.48. The zero-order chi connectivity index (χ0) is 13.6. The highest BCUT2D eigenvalue weighted by molar-refractivity contribution is 14.1. The van der Waals surface area contributed by atoms with E-state index in [2.05, 4.69) is 27.3 Å². The predicted octanol–water partition coefficient (Wildman–Crippen LogP) is 1.82. The minimum atomic E-state index is -3.48. The Morgan fingerprint density at radius 1 is 1.22 bits per heavy atom. The van der Waals surface area contributed by atoms with Gasteiger partial charge in [0.2, 0.25) is 10.0 Å². The first-order valence-corrected chi connectivity index (χ1v) is 7.95. The molecular weight excluding hydrogens is 369 g/mol. The Morgan fingerprint density at radius 2 is 1.83 bits per heavy atom. The minimum absolute atomic E-state index is 0.0608. The predicted molar refractivity (Wildman–Crippen MR) is 75.8 cm³/mol. The van der Waals surface area contributed by atoms with Gasteiger partial charge in [-0.15, -0.1) is 0 Å². The van der Waals surface area contributed by atoms with E-state index in [0.29, 0.717) is 12.8 Å². The first kappa shape index (κ1) is 15.4. The molecule has 0 amide bonds. The summed E-state index contributed by atoms with van der Waals surface area (Å²) < 4.78 is 27.0. The zero-order valence-corrected chi connectivity index (χ0v) is 12.6. The number of carboxylic acid groups (broad SMARTS) is 1. The largest absolute Gasteiger partial charge is 0.481 e. The van der Waals surface area contributed by atoms with Gasteiger partial charge in [-0.05, 0) is 59.7 Å². The molecule has 0 radical (unpaired) electrons. The number of sulfonamides is 1. The Labute approximate surface area is 120 Å². The highest BCUT2D eigenvalue weighted by Gasteiger charge is 2.12. The molecule has 0 aliphatic rings. The number of aliphatic carboxylic acids is 1. The van der Waals surface area contributed by atoms with Crippen LogP contribution in [-0.2, 0) is 14.8 Å². The van der Waals surface area contributed by atoms with Crippen molar-refractivity contribution < 1.29 is 18.3 Å². The van der Waals surface area contributed by atoms with Crippen molar-refractivity contribution in [3.05, 3.63) is 27.8 Å². The zero-order valence-electron chi connectivity index (χ0n) is 9.60. The van der Waals surface area contributed by atoms with Crippen LogP contribution in [0.5, 0.6) is 0 Å². The third kappa shape index (κ3) is 5.32. The third-order valence-electron chi connectivity index (χ3n) is 2.23. The smallest absolute Gasteiger partial charge is 0.303 e. The van der Waals surface area contributed by atoms with Crippen LogP contribution in [0, 0.1) is 3.57 Å².